The van der Waals surface area contributed by atoms with Crippen LogP contribution in [0.3, 0.4) is 0 Å². The lowest BCUT2D eigenvalue weighted by Gasteiger charge is -2.28. The maximum Gasteiger partial charge on any atom is 0.193 e. The van der Waals surface area contributed by atoms with Crippen LogP contribution >= 0.6 is 0 Å². The van der Waals surface area contributed by atoms with Crippen LogP contribution in [-0.2, 0) is 0 Å². The normalized spacial score (nSPS) is 17.9. The molecule has 1 fully saturated rings. The van der Waals surface area contributed by atoms with Crippen LogP contribution in [0.25, 0.3) is 0 Å². The highest BCUT2D eigenvalue weighted by Crippen LogP contribution is 2.20. The van der Waals surface area contributed by atoms with Gasteiger partial charge in [-0.15, -0.1) is 0 Å². The first-order valence-electron chi connectivity index (χ1n) is 8.40. The van der Waals surface area contributed by atoms with Crippen molar-refractivity contribution in [3.8, 4) is 0 Å². The number of guanidine groups is 1. The third-order valence-electron chi connectivity index (χ3n) is 4.48. The van der Waals surface area contributed by atoms with Gasteiger partial charge >= 0.3 is 0 Å². The fraction of sp³-hybridized carbons (Fsp3) is 0.611. The molecule has 1 heterocycles. The van der Waals surface area contributed by atoms with E-state index in [0.717, 1.165) is 24.6 Å². The summed E-state index contributed by atoms with van der Waals surface area (Å²) >= 11 is 0. The van der Waals surface area contributed by atoms with Gasteiger partial charge in [0.2, 0.25) is 0 Å². The van der Waals surface area contributed by atoms with Gasteiger partial charge in [-0.2, -0.15) is 0 Å². The van der Waals surface area contributed by atoms with Crippen LogP contribution in [0.2, 0.25) is 0 Å². The molecule has 3 N–H and O–H groups in total. The molecule has 0 radical (unpaired) electrons. The molecule has 1 aliphatic heterocycles. The van der Waals surface area contributed by atoms with E-state index in [2.05, 4.69) is 54.3 Å². The van der Waals surface area contributed by atoms with Crippen LogP contribution in [0, 0.1) is 5.92 Å². The average molecular weight is 302 g/mol. The van der Waals surface area contributed by atoms with Crippen molar-refractivity contribution < 1.29 is 0 Å². The number of benzene rings is 1. The molecule has 2 rings (SSSR count). The molecule has 0 amide bonds. The minimum atomic E-state index is 0.518. The maximum absolute atomic E-state index is 6.00. The highest BCUT2D eigenvalue weighted by molar-refractivity contribution is 5.92. The topological polar surface area (TPSA) is 53.6 Å². The van der Waals surface area contributed by atoms with Crippen molar-refractivity contribution in [3.05, 3.63) is 29.8 Å². The first-order chi connectivity index (χ1) is 10.5. The van der Waals surface area contributed by atoms with E-state index in [-0.39, 0.29) is 0 Å². The molecule has 0 aromatic heterocycles. The third-order valence-corrected chi connectivity index (χ3v) is 4.48. The Morgan fingerprint density at radius 1 is 1.36 bits per heavy atom. The second-order valence-electron chi connectivity index (χ2n) is 6.71. The number of anilines is 1. The van der Waals surface area contributed by atoms with Crippen LogP contribution in [0.15, 0.2) is 29.3 Å². The van der Waals surface area contributed by atoms with Gasteiger partial charge in [-0.1, -0.05) is 26.0 Å². The number of piperidine rings is 1. The van der Waals surface area contributed by atoms with Crippen LogP contribution in [0.5, 0.6) is 0 Å². The second-order valence-corrected chi connectivity index (χ2v) is 6.71. The highest BCUT2D eigenvalue weighted by atomic mass is 15.1. The Labute approximate surface area is 134 Å². The van der Waals surface area contributed by atoms with Crippen molar-refractivity contribution in [2.75, 3.05) is 32.0 Å². The van der Waals surface area contributed by atoms with Crippen LogP contribution in [-0.4, -0.2) is 37.5 Å². The number of hydrogen-bond donors (Lipinski definition) is 2. The summed E-state index contributed by atoms with van der Waals surface area (Å²) in [6.07, 6.45) is 3.72. The average Bonchev–Trinajstić information content (AvgIpc) is 2.49. The first kappa shape index (κ1) is 16.8. The smallest absolute Gasteiger partial charge is 0.193 e. The van der Waals surface area contributed by atoms with Crippen molar-refractivity contribution in [1.29, 1.82) is 0 Å². The van der Waals surface area contributed by atoms with E-state index in [1.54, 1.807) is 0 Å². The summed E-state index contributed by atoms with van der Waals surface area (Å²) in [4.78, 5) is 6.88. The van der Waals surface area contributed by atoms with E-state index in [1.807, 2.05) is 6.07 Å². The molecular formula is C18H30N4. The fourth-order valence-electron chi connectivity index (χ4n) is 2.88. The van der Waals surface area contributed by atoms with Gasteiger partial charge in [0.25, 0.3) is 0 Å². The molecule has 122 valence electrons. The van der Waals surface area contributed by atoms with Crippen molar-refractivity contribution >= 4 is 11.6 Å². The predicted molar refractivity (Wildman–Crippen MR) is 95.5 cm³/mol. The van der Waals surface area contributed by atoms with Crippen LogP contribution in [0.4, 0.5) is 5.69 Å². The number of nitrogens with one attached hydrogen (secondary N) is 1. The van der Waals surface area contributed by atoms with Gasteiger partial charge < -0.3 is 16.0 Å². The monoisotopic (exact) mass is 302 g/mol. The van der Waals surface area contributed by atoms with E-state index in [0.29, 0.717) is 11.9 Å². The van der Waals surface area contributed by atoms with Gasteiger partial charge in [-0.25, -0.2) is 0 Å². The lowest BCUT2D eigenvalue weighted by atomic mass is 9.94. The zero-order chi connectivity index (χ0) is 15.9. The molecular weight excluding hydrogens is 272 g/mol. The fourth-order valence-corrected chi connectivity index (χ4v) is 2.88. The van der Waals surface area contributed by atoms with Gasteiger partial charge in [0.1, 0.15) is 0 Å². The van der Waals surface area contributed by atoms with Crippen molar-refractivity contribution in [2.45, 2.75) is 39.0 Å². The summed E-state index contributed by atoms with van der Waals surface area (Å²) in [7, 11) is 2.20. The van der Waals surface area contributed by atoms with Crippen LogP contribution < -0.4 is 11.1 Å². The second kappa shape index (κ2) is 8.18. The summed E-state index contributed by atoms with van der Waals surface area (Å²) in [5, 5.41) is 3.20. The number of nitrogens with zero attached hydrogens (tertiary/aromatic N) is 2. The minimum Gasteiger partial charge on any atom is -0.370 e. The Morgan fingerprint density at radius 2 is 2.09 bits per heavy atom. The first-order valence-corrected chi connectivity index (χ1v) is 8.40. The minimum absolute atomic E-state index is 0.518. The lowest BCUT2D eigenvalue weighted by molar-refractivity contribution is 0.214. The Bertz CT molecular complexity index is 488. The summed E-state index contributed by atoms with van der Waals surface area (Å²) in [5.41, 5.74) is 8.33. The molecule has 0 spiro atoms. The molecule has 1 aromatic rings. The molecule has 0 saturated carbocycles. The Balaban J connectivity index is 1.79. The molecule has 0 atom stereocenters. The van der Waals surface area contributed by atoms with Gasteiger partial charge in [0, 0.05) is 12.2 Å². The molecule has 4 nitrogen and oxygen atoms in total. The zero-order valence-corrected chi connectivity index (χ0v) is 14.2. The number of hydrogen-bond acceptors (Lipinski definition) is 2. The predicted octanol–water partition coefficient (Wildman–Crippen LogP) is 3.27. The zero-order valence-electron chi connectivity index (χ0n) is 14.2. The number of likely N-dealkylation sites (tertiary alicyclic amines) is 1. The Hall–Kier alpha value is -1.55. The molecule has 0 aliphatic carbocycles. The van der Waals surface area contributed by atoms with Crippen molar-refractivity contribution in [1.82, 2.24) is 4.90 Å². The molecule has 4 heteroatoms. The summed E-state index contributed by atoms with van der Waals surface area (Å²) < 4.78 is 0. The SMILES string of the molecule is CC(C)c1cccc(NC(N)=NCCC2CCN(C)CC2)c1. The highest BCUT2D eigenvalue weighted by Gasteiger charge is 2.15. The van der Waals surface area contributed by atoms with Gasteiger partial charge in [-0.05, 0) is 68.9 Å². The summed E-state index contributed by atoms with van der Waals surface area (Å²) in [6, 6.07) is 8.38. The maximum atomic E-state index is 6.00. The standard InChI is InChI=1S/C18H30N4/c1-14(2)16-5-4-6-17(13-16)21-18(19)20-10-7-15-8-11-22(3)12-9-15/h4-6,13-15H,7-12H2,1-3H3,(H3,19,20,21). The number of aliphatic imine (C=N–C) groups is 1. The third kappa shape index (κ3) is 5.34. The van der Waals surface area contributed by atoms with E-state index >= 15 is 0 Å². The van der Waals surface area contributed by atoms with Gasteiger partial charge in [-0.3, -0.25) is 4.99 Å². The Morgan fingerprint density at radius 3 is 2.77 bits per heavy atom. The van der Waals surface area contributed by atoms with E-state index in [1.165, 1.54) is 31.5 Å². The number of rotatable bonds is 5. The molecule has 22 heavy (non-hydrogen) atoms. The number of nitrogens with two attached hydrogens (primary N) is 1. The molecule has 1 aromatic carbocycles. The van der Waals surface area contributed by atoms with Crippen molar-refractivity contribution in [2.24, 2.45) is 16.6 Å². The van der Waals surface area contributed by atoms with E-state index < -0.39 is 0 Å². The summed E-state index contributed by atoms with van der Waals surface area (Å²) in [6.45, 7) is 7.63. The van der Waals surface area contributed by atoms with Crippen LogP contribution in [0.1, 0.15) is 44.6 Å². The van der Waals surface area contributed by atoms with E-state index in [4.69, 9.17) is 5.73 Å². The largest absolute Gasteiger partial charge is 0.370 e. The van der Waals surface area contributed by atoms with E-state index in [9.17, 15) is 0 Å². The quantitative estimate of drug-likeness (QED) is 0.648. The Kier molecular flexibility index (Phi) is 6.25. The molecule has 1 aliphatic rings. The van der Waals surface area contributed by atoms with Gasteiger partial charge in [0.15, 0.2) is 5.96 Å². The van der Waals surface area contributed by atoms with Crippen molar-refractivity contribution in [3.63, 3.8) is 0 Å². The molecule has 1 saturated heterocycles. The molecule has 0 bridgehead atoms. The van der Waals surface area contributed by atoms with Gasteiger partial charge in [0.05, 0.1) is 0 Å². The lowest BCUT2D eigenvalue weighted by Crippen LogP contribution is -2.30. The molecule has 0 unspecified atom stereocenters. The summed E-state index contributed by atoms with van der Waals surface area (Å²) in [5.74, 6) is 1.84.